The molecule has 2 N–H and O–H groups in total. The Balaban J connectivity index is 1.71. The van der Waals surface area contributed by atoms with Crippen LogP contribution in [0.2, 0.25) is 0 Å². The molecule has 24 heavy (non-hydrogen) atoms. The molecule has 0 aliphatic carbocycles. The summed E-state index contributed by atoms with van der Waals surface area (Å²) in [6, 6.07) is 7.75. The summed E-state index contributed by atoms with van der Waals surface area (Å²) in [5.41, 5.74) is 3.81. The molecule has 124 valence electrons. The van der Waals surface area contributed by atoms with Gasteiger partial charge >= 0.3 is 0 Å². The first-order valence-corrected chi connectivity index (χ1v) is 8.01. The predicted octanol–water partition coefficient (Wildman–Crippen LogP) is 1.66. The summed E-state index contributed by atoms with van der Waals surface area (Å²) in [5.74, 6) is 0.487. The van der Waals surface area contributed by atoms with Gasteiger partial charge in [0, 0.05) is 12.8 Å². The van der Waals surface area contributed by atoms with Crippen LogP contribution in [0, 0.1) is 6.92 Å². The van der Waals surface area contributed by atoms with Gasteiger partial charge in [0.2, 0.25) is 5.95 Å². The first-order valence-electron chi connectivity index (χ1n) is 8.01. The van der Waals surface area contributed by atoms with E-state index >= 15 is 0 Å². The Hall–Kier alpha value is -2.51. The van der Waals surface area contributed by atoms with Crippen molar-refractivity contribution in [1.82, 2.24) is 19.6 Å². The van der Waals surface area contributed by atoms with E-state index in [1.165, 1.54) is 0 Å². The Morgan fingerprint density at radius 2 is 2.25 bits per heavy atom. The third kappa shape index (κ3) is 2.72. The maximum Gasteiger partial charge on any atom is 0.241 e. The first kappa shape index (κ1) is 15.0. The van der Waals surface area contributed by atoms with Gasteiger partial charge in [0.25, 0.3) is 0 Å². The molecule has 1 aliphatic heterocycles. The first-order chi connectivity index (χ1) is 11.7. The lowest BCUT2D eigenvalue weighted by Crippen LogP contribution is -2.42. The van der Waals surface area contributed by atoms with Crippen molar-refractivity contribution < 1.29 is 9.84 Å². The fourth-order valence-electron chi connectivity index (χ4n) is 2.96. The second-order valence-electron chi connectivity index (χ2n) is 5.99. The second kappa shape index (κ2) is 6.18. The molecule has 3 aromatic rings. The zero-order valence-corrected chi connectivity index (χ0v) is 13.4. The Bertz CT molecular complexity index is 849. The number of nitrogens with one attached hydrogen (secondary N) is 1. The van der Waals surface area contributed by atoms with Crippen LogP contribution < -0.4 is 5.32 Å². The minimum absolute atomic E-state index is 0.105. The van der Waals surface area contributed by atoms with E-state index in [4.69, 9.17) is 4.74 Å². The molecule has 3 aromatic heterocycles. The zero-order valence-electron chi connectivity index (χ0n) is 13.4. The highest BCUT2D eigenvalue weighted by Gasteiger charge is 2.24. The number of aliphatic hydroxyl groups is 1. The van der Waals surface area contributed by atoms with E-state index in [1.54, 1.807) is 12.4 Å². The van der Waals surface area contributed by atoms with E-state index < -0.39 is 6.10 Å². The van der Waals surface area contributed by atoms with E-state index in [-0.39, 0.29) is 6.04 Å². The van der Waals surface area contributed by atoms with Crippen molar-refractivity contribution in [2.45, 2.75) is 25.5 Å². The van der Waals surface area contributed by atoms with E-state index in [9.17, 15) is 5.11 Å². The number of pyridine rings is 1. The molecule has 7 heteroatoms. The summed E-state index contributed by atoms with van der Waals surface area (Å²) in [7, 11) is 0. The molecule has 0 spiro atoms. The molecule has 0 unspecified atom stereocenters. The molecule has 2 atom stereocenters. The van der Waals surface area contributed by atoms with Crippen molar-refractivity contribution >= 4 is 11.5 Å². The van der Waals surface area contributed by atoms with Crippen LogP contribution in [0.1, 0.15) is 12.0 Å². The Kier molecular flexibility index (Phi) is 3.87. The quantitative estimate of drug-likeness (QED) is 0.762. The number of ether oxygens (including phenoxy) is 1. The van der Waals surface area contributed by atoms with Crippen molar-refractivity contribution in [2.24, 2.45) is 0 Å². The lowest BCUT2D eigenvalue weighted by Gasteiger charge is -2.28. The summed E-state index contributed by atoms with van der Waals surface area (Å²) in [4.78, 5) is 8.80. The number of aromatic nitrogens is 4. The number of aryl methyl sites for hydroxylation is 1. The maximum absolute atomic E-state index is 10.0. The lowest BCUT2D eigenvalue weighted by molar-refractivity contribution is -0.0136. The van der Waals surface area contributed by atoms with Gasteiger partial charge in [-0.25, -0.2) is 9.50 Å². The number of nitrogens with zero attached hydrogens (tertiary/aromatic N) is 4. The monoisotopic (exact) mass is 325 g/mol. The van der Waals surface area contributed by atoms with E-state index in [0.29, 0.717) is 19.2 Å². The molecule has 0 radical (unpaired) electrons. The van der Waals surface area contributed by atoms with Gasteiger partial charge in [-0.2, -0.15) is 0 Å². The molecule has 7 nitrogen and oxygen atoms in total. The molecule has 1 aliphatic rings. The van der Waals surface area contributed by atoms with Gasteiger partial charge in [-0.3, -0.25) is 4.98 Å². The van der Waals surface area contributed by atoms with Crippen LogP contribution in [0.15, 0.2) is 36.7 Å². The molecule has 0 bridgehead atoms. The lowest BCUT2D eigenvalue weighted by atomic mass is 10.1. The third-order valence-electron chi connectivity index (χ3n) is 4.29. The summed E-state index contributed by atoms with van der Waals surface area (Å²) in [6.07, 6.45) is 3.73. The molecule has 1 fully saturated rings. The van der Waals surface area contributed by atoms with Crippen molar-refractivity contribution in [2.75, 3.05) is 18.5 Å². The van der Waals surface area contributed by atoms with Gasteiger partial charge in [-0.1, -0.05) is 6.07 Å². The highest BCUT2D eigenvalue weighted by atomic mass is 16.5. The summed E-state index contributed by atoms with van der Waals surface area (Å²) < 4.78 is 7.10. The number of aliphatic hydroxyl groups excluding tert-OH is 1. The summed E-state index contributed by atoms with van der Waals surface area (Å²) >= 11 is 0. The fraction of sp³-hybridized carbons (Fsp3) is 0.353. The maximum atomic E-state index is 10.0. The largest absolute Gasteiger partial charge is 0.389 e. The van der Waals surface area contributed by atoms with Crippen molar-refractivity contribution in [3.63, 3.8) is 0 Å². The van der Waals surface area contributed by atoms with E-state index in [2.05, 4.69) is 26.4 Å². The second-order valence-corrected chi connectivity index (χ2v) is 5.99. The van der Waals surface area contributed by atoms with Crippen LogP contribution in [-0.4, -0.2) is 50.0 Å². The Labute approximate surface area is 139 Å². The van der Waals surface area contributed by atoms with Crippen molar-refractivity contribution in [3.05, 3.63) is 42.2 Å². The highest BCUT2D eigenvalue weighted by molar-refractivity contribution is 5.67. The number of hydrogen-bond donors (Lipinski definition) is 2. The van der Waals surface area contributed by atoms with Crippen LogP contribution in [0.25, 0.3) is 16.9 Å². The standard InChI is InChI=1S/C17H19N5O2/c1-11-8-14(12-4-2-3-6-18-12)22-15(11)9-19-17(21-22)20-13-5-7-24-10-16(13)23/h2-4,6,8-9,13,16,23H,5,7,10H2,1H3,(H,20,21)/t13-,16-/m1/s1. The number of hydrogen-bond acceptors (Lipinski definition) is 6. The number of fused-ring (bicyclic) bond motifs is 1. The molecule has 0 saturated carbocycles. The van der Waals surface area contributed by atoms with Crippen LogP contribution in [-0.2, 0) is 4.74 Å². The van der Waals surface area contributed by atoms with Gasteiger partial charge in [0.15, 0.2) is 0 Å². The van der Waals surface area contributed by atoms with Crippen LogP contribution >= 0.6 is 0 Å². The van der Waals surface area contributed by atoms with Gasteiger partial charge in [-0.15, -0.1) is 5.10 Å². The van der Waals surface area contributed by atoms with Gasteiger partial charge in [0.1, 0.15) is 0 Å². The Morgan fingerprint density at radius 1 is 1.33 bits per heavy atom. The number of rotatable bonds is 3. The van der Waals surface area contributed by atoms with Gasteiger partial charge in [-0.05, 0) is 37.1 Å². The fourth-order valence-corrected chi connectivity index (χ4v) is 2.96. The zero-order chi connectivity index (χ0) is 16.5. The third-order valence-corrected chi connectivity index (χ3v) is 4.29. The Morgan fingerprint density at radius 3 is 3.04 bits per heavy atom. The average molecular weight is 325 g/mol. The topological polar surface area (TPSA) is 84.6 Å². The minimum Gasteiger partial charge on any atom is -0.389 e. The molecule has 0 aromatic carbocycles. The van der Waals surface area contributed by atoms with Crippen LogP contribution in [0.5, 0.6) is 0 Å². The number of anilines is 1. The smallest absolute Gasteiger partial charge is 0.241 e. The van der Waals surface area contributed by atoms with E-state index in [0.717, 1.165) is 28.9 Å². The minimum atomic E-state index is -0.556. The molecule has 0 amide bonds. The SMILES string of the molecule is Cc1cc(-c2ccccn2)n2nc(N[C@@H]3CCOC[C@H]3O)ncc12. The van der Waals surface area contributed by atoms with Crippen molar-refractivity contribution in [1.29, 1.82) is 0 Å². The summed E-state index contributed by atoms with van der Waals surface area (Å²) in [5, 5.41) is 17.8. The van der Waals surface area contributed by atoms with Crippen LogP contribution in [0.4, 0.5) is 5.95 Å². The summed E-state index contributed by atoms with van der Waals surface area (Å²) in [6.45, 7) is 2.99. The van der Waals surface area contributed by atoms with E-state index in [1.807, 2.05) is 29.6 Å². The average Bonchev–Trinajstić information content (AvgIpc) is 2.94. The van der Waals surface area contributed by atoms with Crippen molar-refractivity contribution in [3.8, 4) is 11.4 Å². The normalized spacial score (nSPS) is 21.1. The predicted molar refractivity (Wildman–Crippen MR) is 89.8 cm³/mol. The molecular weight excluding hydrogens is 306 g/mol. The molecular formula is C17H19N5O2. The highest BCUT2D eigenvalue weighted by Crippen LogP contribution is 2.24. The van der Waals surface area contributed by atoms with Crippen LogP contribution in [0.3, 0.4) is 0 Å². The van der Waals surface area contributed by atoms with Gasteiger partial charge in [0.05, 0.1) is 41.9 Å². The van der Waals surface area contributed by atoms with Gasteiger partial charge < -0.3 is 15.2 Å². The molecule has 4 rings (SSSR count). The molecule has 1 saturated heterocycles. The molecule has 4 heterocycles.